The highest BCUT2D eigenvalue weighted by atomic mass is 15.2. The number of hydrogen-bond donors (Lipinski definition) is 2. The number of fused-ring (bicyclic) bond motifs is 1. The van der Waals surface area contributed by atoms with Crippen LogP contribution in [0.15, 0.2) is 36.5 Å². The topological polar surface area (TPSA) is 50.9 Å². The van der Waals surface area contributed by atoms with Gasteiger partial charge in [0.15, 0.2) is 0 Å². The summed E-state index contributed by atoms with van der Waals surface area (Å²) in [5, 5.41) is 1.18. The fourth-order valence-corrected chi connectivity index (χ4v) is 2.58. The van der Waals surface area contributed by atoms with E-state index in [1.165, 1.54) is 43.1 Å². The lowest BCUT2D eigenvalue weighted by atomic mass is 10.0. The van der Waals surface area contributed by atoms with Crippen LogP contribution < -0.4 is 11.3 Å². The summed E-state index contributed by atoms with van der Waals surface area (Å²) in [5.41, 5.74) is 5.15. The predicted octanol–water partition coefficient (Wildman–Crippen LogP) is 4.10. The van der Waals surface area contributed by atoms with Gasteiger partial charge in [-0.1, -0.05) is 57.2 Å². The van der Waals surface area contributed by atoms with Gasteiger partial charge in [0.05, 0.1) is 5.52 Å². The minimum atomic E-state index is 0.203. The summed E-state index contributed by atoms with van der Waals surface area (Å²) < 4.78 is 0. The number of nitrogens with one attached hydrogen (secondary N) is 1. The van der Waals surface area contributed by atoms with Crippen molar-refractivity contribution in [3.63, 3.8) is 0 Å². The van der Waals surface area contributed by atoms with Gasteiger partial charge >= 0.3 is 0 Å². The molecule has 0 saturated carbocycles. The lowest BCUT2D eigenvalue weighted by Gasteiger charge is -2.16. The van der Waals surface area contributed by atoms with Crippen LogP contribution in [-0.4, -0.2) is 4.98 Å². The molecule has 1 atom stereocenters. The molecule has 0 bridgehead atoms. The highest BCUT2D eigenvalue weighted by molar-refractivity contribution is 5.78. The molecule has 108 valence electrons. The maximum absolute atomic E-state index is 5.71. The van der Waals surface area contributed by atoms with E-state index >= 15 is 0 Å². The minimum Gasteiger partial charge on any atom is -0.271 e. The second-order valence-corrected chi connectivity index (χ2v) is 5.38. The van der Waals surface area contributed by atoms with Gasteiger partial charge in [0.25, 0.3) is 0 Å². The average molecular weight is 271 g/mol. The number of hydrogen-bond acceptors (Lipinski definition) is 3. The molecule has 2 rings (SSSR count). The standard InChI is InChI=1S/C17H25N3/c1-2-3-4-5-6-11-17(20-18)15-12-14-9-7-8-10-16(14)19-13-15/h7-10,12-13,17,20H,2-6,11,18H2,1H3. The van der Waals surface area contributed by atoms with Crippen LogP contribution in [0.2, 0.25) is 0 Å². The Morgan fingerprint density at radius 2 is 1.95 bits per heavy atom. The Hall–Kier alpha value is -1.45. The molecule has 0 aliphatic heterocycles. The molecule has 3 nitrogen and oxygen atoms in total. The summed E-state index contributed by atoms with van der Waals surface area (Å²) in [6.45, 7) is 2.24. The summed E-state index contributed by atoms with van der Waals surface area (Å²) >= 11 is 0. The van der Waals surface area contributed by atoms with Crippen molar-refractivity contribution in [1.29, 1.82) is 0 Å². The third-order valence-corrected chi connectivity index (χ3v) is 3.81. The number of nitrogens with zero attached hydrogens (tertiary/aromatic N) is 1. The number of nitrogens with two attached hydrogens (primary N) is 1. The van der Waals surface area contributed by atoms with Gasteiger partial charge in [0.1, 0.15) is 0 Å². The second-order valence-electron chi connectivity index (χ2n) is 5.38. The van der Waals surface area contributed by atoms with Crippen molar-refractivity contribution in [3.05, 3.63) is 42.1 Å². The van der Waals surface area contributed by atoms with Crippen molar-refractivity contribution in [2.45, 2.75) is 51.5 Å². The van der Waals surface area contributed by atoms with Gasteiger partial charge in [-0.3, -0.25) is 16.3 Å². The van der Waals surface area contributed by atoms with Gasteiger partial charge in [-0.2, -0.15) is 0 Å². The molecule has 0 aliphatic carbocycles. The van der Waals surface area contributed by atoms with E-state index in [1.807, 2.05) is 24.4 Å². The Balaban J connectivity index is 1.98. The summed E-state index contributed by atoms with van der Waals surface area (Å²) in [6, 6.07) is 10.6. The van der Waals surface area contributed by atoms with Crippen LogP contribution in [0, 0.1) is 0 Å². The highest BCUT2D eigenvalue weighted by Crippen LogP contribution is 2.22. The summed E-state index contributed by atoms with van der Waals surface area (Å²) in [7, 11) is 0. The van der Waals surface area contributed by atoms with Crippen LogP contribution in [0.3, 0.4) is 0 Å². The second kappa shape index (κ2) is 7.98. The molecule has 0 spiro atoms. The maximum Gasteiger partial charge on any atom is 0.0702 e. The first kappa shape index (κ1) is 14.9. The molecule has 0 radical (unpaired) electrons. The fourth-order valence-electron chi connectivity index (χ4n) is 2.58. The van der Waals surface area contributed by atoms with Crippen molar-refractivity contribution in [3.8, 4) is 0 Å². The molecule has 0 saturated heterocycles. The maximum atomic E-state index is 5.71. The van der Waals surface area contributed by atoms with Crippen LogP contribution in [-0.2, 0) is 0 Å². The molecule has 0 amide bonds. The number of aromatic nitrogens is 1. The van der Waals surface area contributed by atoms with E-state index in [1.54, 1.807) is 0 Å². The van der Waals surface area contributed by atoms with Gasteiger partial charge < -0.3 is 0 Å². The highest BCUT2D eigenvalue weighted by Gasteiger charge is 2.10. The van der Waals surface area contributed by atoms with Gasteiger partial charge in [-0.05, 0) is 24.1 Å². The van der Waals surface area contributed by atoms with Crippen LogP contribution in [0.4, 0.5) is 0 Å². The lowest BCUT2D eigenvalue weighted by Crippen LogP contribution is -2.28. The van der Waals surface area contributed by atoms with Gasteiger partial charge in [-0.15, -0.1) is 0 Å². The molecule has 0 aliphatic rings. The van der Waals surface area contributed by atoms with Gasteiger partial charge in [0.2, 0.25) is 0 Å². The molecular formula is C17H25N3. The van der Waals surface area contributed by atoms with Crippen LogP contribution >= 0.6 is 0 Å². The van der Waals surface area contributed by atoms with Gasteiger partial charge in [0, 0.05) is 17.6 Å². The van der Waals surface area contributed by atoms with E-state index in [4.69, 9.17) is 5.84 Å². The normalized spacial score (nSPS) is 12.7. The number of unbranched alkanes of at least 4 members (excludes halogenated alkanes) is 4. The number of pyridine rings is 1. The Labute approximate surface area is 121 Å². The number of hydrazine groups is 1. The molecule has 1 aromatic heterocycles. The number of benzene rings is 1. The van der Waals surface area contributed by atoms with E-state index < -0.39 is 0 Å². The fraction of sp³-hybridized carbons (Fsp3) is 0.471. The minimum absolute atomic E-state index is 0.203. The monoisotopic (exact) mass is 271 g/mol. The Morgan fingerprint density at radius 1 is 1.15 bits per heavy atom. The third kappa shape index (κ3) is 4.02. The Kier molecular flexibility index (Phi) is 5.96. The zero-order valence-electron chi connectivity index (χ0n) is 12.3. The first-order valence-electron chi connectivity index (χ1n) is 7.66. The van der Waals surface area contributed by atoms with E-state index in [0.29, 0.717) is 0 Å². The van der Waals surface area contributed by atoms with Crippen LogP contribution in [0.1, 0.15) is 57.1 Å². The average Bonchev–Trinajstić information content (AvgIpc) is 2.50. The Bertz CT molecular complexity index is 524. The van der Waals surface area contributed by atoms with Crippen molar-refractivity contribution in [1.82, 2.24) is 10.4 Å². The number of para-hydroxylation sites is 1. The van der Waals surface area contributed by atoms with Gasteiger partial charge in [-0.25, -0.2) is 0 Å². The largest absolute Gasteiger partial charge is 0.271 e. The van der Waals surface area contributed by atoms with Crippen molar-refractivity contribution < 1.29 is 0 Å². The molecule has 1 heterocycles. The smallest absolute Gasteiger partial charge is 0.0702 e. The Morgan fingerprint density at radius 3 is 2.75 bits per heavy atom. The molecule has 1 unspecified atom stereocenters. The quantitative estimate of drug-likeness (QED) is 0.432. The van der Waals surface area contributed by atoms with Crippen molar-refractivity contribution >= 4 is 10.9 Å². The molecule has 3 N–H and O–H groups in total. The lowest BCUT2D eigenvalue weighted by molar-refractivity contribution is 0.478. The van der Waals surface area contributed by atoms with E-state index in [9.17, 15) is 0 Å². The molecule has 1 aromatic carbocycles. The molecular weight excluding hydrogens is 246 g/mol. The summed E-state index contributed by atoms with van der Waals surface area (Å²) in [4.78, 5) is 4.51. The molecule has 2 aromatic rings. The summed E-state index contributed by atoms with van der Waals surface area (Å²) in [5.74, 6) is 5.71. The third-order valence-electron chi connectivity index (χ3n) is 3.81. The number of rotatable bonds is 8. The van der Waals surface area contributed by atoms with Crippen molar-refractivity contribution in [2.24, 2.45) is 5.84 Å². The zero-order chi connectivity index (χ0) is 14.2. The summed E-state index contributed by atoms with van der Waals surface area (Å²) in [6.07, 6.45) is 9.45. The van der Waals surface area contributed by atoms with E-state index in [-0.39, 0.29) is 6.04 Å². The first-order valence-corrected chi connectivity index (χ1v) is 7.66. The van der Waals surface area contributed by atoms with E-state index in [0.717, 1.165) is 11.9 Å². The van der Waals surface area contributed by atoms with Crippen LogP contribution in [0.5, 0.6) is 0 Å². The van der Waals surface area contributed by atoms with Crippen molar-refractivity contribution in [2.75, 3.05) is 0 Å². The predicted molar refractivity (Wildman–Crippen MR) is 85.2 cm³/mol. The SMILES string of the molecule is CCCCCCCC(NN)c1cnc2ccccc2c1. The molecule has 3 heteroatoms. The molecule has 20 heavy (non-hydrogen) atoms. The molecule has 0 fully saturated rings. The first-order chi connectivity index (χ1) is 9.85. The van der Waals surface area contributed by atoms with Crippen LogP contribution in [0.25, 0.3) is 10.9 Å². The zero-order valence-corrected chi connectivity index (χ0v) is 12.3. The van der Waals surface area contributed by atoms with E-state index in [2.05, 4.69) is 29.5 Å².